The number of carbonyl (C=O) groups is 1. The van der Waals surface area contributed by atoms with Crippen LogP contribution in [0.4, 0.5) is 17.5 Å². The van der Waals surface area contributed by atoms with Gasteiger partial charge in [0, 0.05) is 31.9 Å². The minimum atomic E-state index is 0.486. The molecule has 2 heterocycles. The molecule has 0 spiro atoms. The highest BCUT2D eigenvalue weighted by molar-refractivity contribution is 5.64. The van der Waals surface area contributed by atoms with Crippen molar-refractivity contribution >= 4 is 23.9 Å². The number of carbonyl (C=O) groups excluding carboxylic acids is 1. The van der Waals surface area contributed by atoms with Gasteiger partial charge in [-0.15, -0.1) is 5.10 Å². The molecule has 24 heavy (non-hydrogen) atoms. The molecule has 0 aliphatic carbocycles. The first-order valence-corrected chi connectivity index (χ1v) is 8.05. The van der Waals surface area contributed by atoms with Crippen LogP contribution in [0, 0.1) is 20.8 Å². The maximum atomic E-state index is 10.8. The first-order valence-electron chi connectivity index (χ1n) is 8.05. The summed E-state index contributed by atoms with van der Waals surface area (Å²) in [6.07, 6.45) is 2.56. The number of hydrogen-bond acceptors (Lipinski definition) is 6. The fraction of sp³-hybridized carbons (Fsp3) is 0.412. The maximum Gasteiger partial charge on any atom is 0.249 e. The van der Waals surface area contributed by atoms with Crippen LogP contribution in [0.15, 0.2) is 18.3 Å². The van der Waals surface area contributed by atoms with Crippen molar-refractivity contribution < 1.29 is 4.79 Å². The number of hydrogen-bond donors (Lipinski definition) is 1. The molecule has 1 fully saturated rings. The first-order chi connectivity index (χ1) is 11.6. The molecule has 7 nitrogen and oxygen atoms in total. The van der Waals surface area contributed by atoms with E-state index in [4.69, 9.17) is 0 Å². The number of anilines is 3. The molecule has 0 radical (unpaired) electrons. The molecular weight excluding hydrogens is 304 g/mol. The van der Waals surface area contributed by atoms with Gasteiger partial charge in [-0.05, 0) is 31.9 Å². The second kappa shape index (κ2) is 6.82. The van der Waals surface area contributed by atoms with Gasteiger partial charge in [-0.2, -0.15) is 10.1 Å². The minimum absolute atomic E-state index is 0.486. The molecular formula is C17H22N6O. The predicted molar refractivity (Wildman–Crippen MR) is 93.6 cm³/mol. The van der Waals surface area contributed by atoms with Crippen molar-refractivity contribution in [3.8, 4) is 0 Å². The summed E-state index contributed by atoms with van der Waals surface area (Å²) in [6.45, 7) is 9.12. The Hall–Kier alpha value is -2.70. The molecule has 7 heteroatoms. The average Bonchev–Trinajstić information content (AvgIpc) is 2.58. The molecule has 1 N–H and O–H groups in total. The maximum absolute atomic E-state index is 10.8. The lowest BCUT2D eigenvalue weighted by atomic mass is 10.1. The number of benzene rings is 1. The van der Waals surface area contributed by atoms with E-state index in [1.54, 1.807) is 11.1 Å². The molecule has 0 unspecified atom stereocenters. The second-order valence-electron chi connectivity index (χ2n) is 6.17. The van der Waals surface area contributed by atoms with Crippen molar-refractivity contribution in [1.29, 1.82) is 0 Å². The Morgan fingerprint density at radius 1 is 1.08 bits per heavy atom. The lowest BCUT2D eigenvalue weighted by molar-refractivity contribution is -0.118. The van der Waals surface area contributed by atoms with Crippen LogP contribution in [0.25, 0.3) is 0 Å². The van der Waals surface area contributed by atoms with Crippen LogP contribution >= 0.6 is 0 Å². The third-order valence-corrected chi connectivity index (χ3v) is 4.25. The van der Waals surface area contributed by atoms with E-state index in [0.29, 0.717) is 19.0 Å². The molecule has 0 saturated carbocycles. The van der Waals surface area contributed by atoms with Crippen LogP contribution in [0.5, 0.6) is 0 Å². The van der Waals surface area contributed by atoms with Gasteiger partial charge < -0.3 is 15.1 Å². The number of piperazine rings is 1. The highest BCUT2D eigenvalue weighted by Gasteiger charge is 2.18. The lowest BCUT2D eigenvalue weighted by Crippen LogP contribution is -2.46. The molecule has 1 aliphatic rings. The fourth-order valence-corrected chi connectivity index (χ4v) is 3.05. The van der Waals surface area contributed by atoms with Gasteiger partial charge in [0.25, 0.3) is 0 Å². The van der Waals surface area contributed by atoms with Crippen molar-refractivity contribution in [3.05, 3.63) is 35.0 Å². The van der Waals surface area contributed by atoms with Crippen molar-refractivity contribution in [2.24, 2.45) is 0 Å². The van der Waals surface area contributed by atoms with E-state index in [-0.39, 0.29) is 0 Å². The lowest BCUT2D eigenvalue weighted by Gasteiger charge is -2.33. The van der Waals surface area contributed by atoms with Crippen LogP contribution in [-0.2, 0) is 4.79 Å². The van der Waals surface area contributed by atoms with Gasteiger partial charge in [0.2, 0.25) is 12.4 Å². The van der Waals surface area contributed by atoms with Crippen molar-refractivity contribution in [2.75, 3.05) is 36.4 Å². The molecule has 126 valence electrons. The molecule has 1 saturated heterocycles. The molecule has 1 aromatic carbocycles. The van der Waals surface area contributed by atoms with Gasteiger partial charge in [0.05, 0.1) is 6.20 Å². The standard InChI is InChI=1S/C17H22N6O/c1-12-8-13(2)16(14(3)9-12)20-17-19-15(10-18-21-17)23-6-4-22(11-24)5-7-23/h8-11H,4-7H2,1-3H3,(H,19,20,21). The molecule has 1 aliphatic heterocycles. The normalized spacial score (nSPS) is 14.6. The van der Waals surface area contributed by atoms with Crippen LogP contribution in [0.1, 0.15) is 16.7 Å². The van der Waals surface area contributed by atoms with Crippen molar-refractivity contribution in [1.82, 2.24) is 20.1 Å². The van der Waals surface area contributed by atoms with Crippen LogP contribution < -0.4 is 10.2 Å². The van der Waals surface area contributed by atoms with E-state index < -0.39 is 0 Å². The predicted octanol–water partition coefficient (Wildman–Crippen LogP) is 1.82. The molecule has 0 atom stereocenters. The summed E-state index contributed by atoms with van der Waals surface area (Å²) in [5.41, 5.74) is 4.56. The fourth-order valence-electron chi connectivity index (χ4n) is 3.05. The third-order valence-electron chi connectivity index (χ3n) is 4.25. The van der Waals surface area contributed by atoms with E-state index in [0.717, 1.165) is 42.1 Å². The summed E-state index contributed by atoms with van der Waals surface area (Å²) < 4.78 is 0. The summed E-state index contributed by atoms with van der Waals surface area (Å²) >= 11 is 0. The van der Waals surface area contributed by atoms with Gasteiger partial charge in [-0.1, -0.05) is 17.7 Å². The Bertz CT molecular complexity index is 717. The van der Waals surface area contributed by atoms with Gasteiger partial charge in [-0.25, -0.2) is 0 Å². The third kappa shape index (κ3) is 3.45. The highest BCUT2D eigenvalue weighted by Crippen LogP contribution is 2.25. The number of nitrogens with one attached hydrogen (secondary N) is 1. The second-order valence-corrected chi connectivity index (χ2v) is 6.17. The highest BCUT2D eigenvalue weighted by atomic mass is 16.1. The summed E-state index contributed by atoms with van der Waals surface area (Å²) in [5.74, 6) is 1.26. The molecule has 2 aromatic rings. The Labute approximate surface area is 141 Å². The van der Waals surface area contributed by atoms with E-state index in [1.807, 2.05) is 0 Å². The Morgan fingerprint density at radius 3 is 2.38 bits per heavy atom. The summed E-state index contributed by atoms with van der Waals surface area (Å²) in [4.78, 5) is 19.3. The number of aryl methyl sites for hydroxylation is 3. The first kappa shape index (κ1) is 16.2. The van der Waals surface area contributed by atoms with Crippen LogP contribution in [0.3, 0.4) is 0 Å². The monoisotopic (exact) mass is 326 g/mol. The SMILES string of the molecule is Cc1cc(C)c(Nc2nncc(N3CCN(C=O)CC3)n2)c(C)c1. The van der Waals surface area contributed by atoms with E-state index in [1.165, 1.54) is 5.56 Å². The number of aromatic nitrogens is 3. The summed E-state index contributed by atoms with van der Waals surface area (Å²) in [6, 6.07) is 4.26. The summed E-state index contributed by atoms with van der Waals surface area (Å²) in [7, 11) is 0. The molecule has 0 bridgehead atoms. The van der Waals surface area contributed by atoms with Crippen molar-refractivity contribution in [2.45, 2.75) is 20.8 Å². The van der Waals surface area contributed by atoms with Crippen LogP contribution in [-0.4, -0.2) is 52.7 Å². The Kier molecular flexibility index (Phi) is 4.59. The quantitative estimate of drug-likeness (QED) is 0.864. The number of rotatable bonds is 4. The van der Waals surface area contributed by atoms with Gasteiger partial charge >= 0.3 is 0 Å². The zero-order valence-corrected chi connectivity index (χ0v) is 14.3. The van der Waals surface area contributed by atoms with E-state index >= 15 is 0 Å². The van der Waals surface area contributed by atoms with Gasteiger partial charge in [0.15, 0.2) is 5.82 Å². The molecule has 3 rings (SSSR count). The van der Waals surface area contributed by atoms with E-state index in [9.17, 15) is 4.79 Å². The van der Waals surface area contributed by atoms with Crippen LogP contribution in [0.2, 0.25) is 0 Å². The zero-order valence-electron chi connectivity index (χ0n) is 14.3. The smallest absolute Gasteiger partial charge is 0.249 e. The largest absolute Gasteiger partial charge is 0.352 e. The van der Waals surface area contributed by atoms with Gasteiger partial charge in [0.1, 0.15) is 0 Å². The number of amides is 1. The summed E-state index contributed by atoms with van der Waals surface area (Å²) in [5, 5.41) is 11.5. The molecule has 1 aromatic heterocycles. The Morgan fingerprint density at radius 2 is 1.75 bits per heavy atom. The van der Waals surface area contributed by atoms with Crippen molar-refractivity contribution in [3.63, 3.8) is 0 Å². The van der Waals surface area contributed by atoms with E-state index in [2.05, 4.69) is 58.3 Å². The Balaban J connectivity index is 1.78. The minimum Gasteiger partial charge on any atom is -0.352 e. The number of nitrogens with zero attached hydrogens (tertiary/aromatic N) is 5. The zero-order chi connectivity index (χ0) is 17.1. The van der Waals surface area contributed by atoms with Gasteiger partial charge in [-0.3, -0.25) is 4.79 Å². The topological polar surface area (TPSA) is 74.2 Å². The average molecular weight is 326 g/mol. The molecule has 1 amide bonds.